The van der Waals surface area contributed by atoms with E-state index in [0.29, 0.717) is 31.2 Å². The van der Waals surface area contributed by atoms with Gasteiger partial charge in [0.15, 0.2) is 17.5 Å². The highest BCUT2D eigenvalue weighted by Gasteiger charge is 2.07. The number of nitrogens with zero attached hydrogens (tertiary/aromatic N) is 1. The standard InChI is InChI=1S/C22H31N3O4.HI/c1-4-23-22(25-16-18-8-6-7-9-19(18)28-5-2)24-15-17-10-11-20(29-13-12-26)21(14-17)27-3;/h6-11,14,26H,4-5,12-13,15-16H2,1-3H3,(H2,23,24,25);1H. The van der Waals surface area contributed by atoms with Gasteiger partial charge in [0.2, 0.25) is 0 Å². The van der Waals surface area contributed by atoms with E-state index in [4.69, 9.17) is 19.3 Å². The molecule has 0 spiro atoms. The molecular weight excluding hydrogens is 497 g/mol. The van der Waals surface area contributed by atoms with E-state index < -0.39 is 0 Å². The van der Waals surface area contributed by atoms with Crippen molar-refractivity contribution in [3.8, 4) is 17.2 Å². The second-order valence-electron chi connectivity index (χ2n) is 6.15. The summed E-state index contributed by atoms with van der Waals surface area (Å²) in [6, 6.07) is 13.6. The number of nitrogens with one attached hydrogen (secondary N) is 2. The summed E-state index contributed by atoms with van der Waals surface area (Å²) >= 11 is 0. The molecule has 0 aliphatic rings. The lowest BCUT2D eigenvalue weighted by molar-refractivity contribution is 0.196. The fourth-order valence-corrected chi connectivity index (χ4v) is 2.72. The van der Waals surface area contributed by atoms with Crippen molar-refractivity contribution in [2.45, 2.75) is 26.9 Å². The first-order valence-corrected chi connectivity index (χ1v) is 9.85. The molecule has 0 saturated heterocycles. The predicted octanol–water partition coefficient (Wildman–Crippen LogP) is 3.34. The zero-order valence-electron chi connectivity index (χ0n) is 17.8. The zero-order valence-corrected chi connectivity index (χ0v) is 20.1. The van der Waals surface area contributed by atoms with Crippen LogP contribution in [0.1, 0.15) is 25.0 Å². The Kier molecular flexibility index (Phi) is 12.7. The maximum atomic E-state index is 8.92. The van der Waals surface area contributed by atoms with Gasteiger partial charge in [0.05, 0.1) is 26.9 Å². The van der Waals surface area contributed by atoms with Crippen molar-refractivity contribution in [1.29, 1.82) is 0 Å². The summed E-state index contributed by atoms with van der Waals surface area (Å²) in [5, 5.41) is 15.5. The van der Waals surface area contributed by atoms with Crippen LogP contribution in [-0.4, -0.2) is 44.5 Å². The third kappa shape index (κ3) is 8.27. The Labute approximate surface area is 195 Å². The summed E-state index contributed by atoms with van der Waals surface area (Å²) in [7, 11) is 1.59. The van der Waals surface area contributed by atoms with E-state index in [-0.39, 0.29) is 37.2 Å². The van der Waals surface area contributed by atoms with Crippen molar-refractivity contribution in [3.63, 3.8) is 0 Å². The molecule has 2 rings (SSSR count). The Morgan fingerprint density at radius 3 is 2.50 bits per heavy atom. The van der Waals surface area contributed by atoms with Gasteiger partial charge < -0.3 is 30.0 Å². The fraction of sp³-hybridized carbons (Fsp3) is 0.409. The quantitative estimate of drug-likeness (QED) is 0.235. The van der Waals surface area contributed by atoms with Gasteiger partial charge in [-0.25, -0.2) is 4.99 Å². The first-order valence-electron chi connectivity index (χ1n) is 9.85. The molecule has 30 heavy (non-hydrogen) atoms. The summed E-state index contributed by atoms with van der Waals surface area (Å²) in [6.07, 6.45) is 0. The molecule has 2 aromatic rings. The molecule has 8 heteroatoms. The Balaban J connectivity index is 0.00000450. The van der Waals surface area contributed by atoms with Gasteiger partial charge in [-0.2, -0.15) is 0 Å². The number of ether oxygens (including phenoxy) is 3. The fourth-order valence-electron chi connectivity index (χ4n) is 2.72. The molecule has 0 amide bonds. The van der Waals surface area contributed by atoms with Crippen molar-refractivity contribution in [3.05, 3.63) is 53.6 Å². The largest absolute Gasteiger partial charge is 0.494 e. The molecule has 0 fully saturated rings. The van der Waals surface area contributed by atoms with Gasteiger partial charge in [0.25, 0.3) is 0 Å². The summed E-state index contributed by atoms with van der Waals surface area (Å²) in [4.78, 5) is 4.66. The van der Waals surface area contributed by atoms with Crippen molar-refractivity contribution >= 4 is 29.9 Å². The summed E-state index contributed by atoms with van der Waals surface area (Å²) in [5.41, 5.74) is 2.07. The Morgan fingerprint density at radius 2 is 1.80 bits per heavy atom. The van der Waals surface area contributed by atoms with E-state index in [1.807, 2.05) is 56.3 Å². The highest BCUT2D eigenvalue weighted by atomic mass is 127. The van der Waals surface area contributed by atoms with Crippen LogP contribution in [0.15, 0.2) is 47.5 Å². The van der Waals surface area contributed by atoms with Crippen LogP contribution in [0.3, 0.4) is 0 Å². The highest BCUT2D eigenvalue weighted by molar-refractivity contribution is 14.0. The van der Waals surface area contributed by atoms with Gasteiger partial charge in [0, 0.05) is 18.7 Å². The maximum Gasteiger partial charge on any atom is 0.191 e. The van der Waals surface area contributed by atoms with E-state index in [1.54, 1.807) is 7.11 Å². The van der Waals surface area contributed by atoms with Crippen molar-refractivity contribution in [1.82, 2.24) is 10.6 Å². The third-order valence-electron chi connectivity index (χ3n) is 4.06. The maximum absolute atomic E-state index is 8.92. The minimum atomic E-state index is -0.0423. The van der Waals surface area contributed by atoms with Crippen molar-refractivity contribution < 1.29 is 19.3 Å². The van der Waals surface area contributed by atoms with Gasteiger partial charge in [-0.1, -0.05) is 24.3 Å². The Hall–Kier alpha value is -2.20. The molecule has 0 heterocycles. The number of aliphatic imine (C=N–C) groups is 1. The van der Waals surface area contributed by atoms with E-state index in [9.17, 15) is 0 Å². The molecule has 0 unspecified atom stereocenters. The summed E-state index contributed by atoms with van der Waals surface area (Å²) in [5.74, 6) is 2.82. The number of rotatable bonds is 11. The number of aliphatic hydroxyl groups is 1. The number of methoxy groups -OCH3 is 1. The normalized spacial score (nSPS) is 10.7. The Bertz CT molecular complexity index is 787. The molecule has 166 valence electrons. The minimum absolute atomic E-state index is 0. The number of halogens is 1. The lowest BCUT2D eigenvalue weighted by Crippen LogP contribution is -2.36. The van der Waals surface area contributed by atoms with Gasteiger partial charge in [-0.05, 0) is 37.6 Å². The van der Waals surface area contributed by atoms with Crippen LogP contribution in [-0.2, 0) is 13.1 Å². The first kappa shape index (κ1) is 25.8. The average molecular weight is 529 g/mol. The Morgan fingerprint density at radius 1 is 1.00 bits per heavy atom. The lowest BCUT2D eigenvalue weighted by atomic mass is 10.2. The molecule has 0 aromatic heterocycles. The molecular formula is C22H32IN3O4. The molecule has 0 aliphatic heterocycles. The molecule has 0 aliphatic carbocycles. The van der Waals surface area contributed by atoms with E-state index in [0.717, 1.165) is 29.4 Å². The molecule has 7 nitrogen and oxygen atoms in total. The van der Waals surface area contributed by atoms with Crippen LogP contribution in [0.2, 0.25) is 0 Å². The molecule has 0 saturated carbocycles. The molecule has 0 radical (unpaired) electrons. The van der Waals surface area contributed by atoms with E-state index >= 15 is 0 Å². The molecule has 3 N–H and O–H groups in total. The second-order valence-corrected chi connectivity index (χ2v) is 6.15. The zero-order chi connectivity index (χ0) is 20.9. The van der Waals surface area contributed by atoms with Crippen LogP contribution in [0.25, 0.3) is 0 Å². The van der Waals surface area contributed by atoms with Crippen LogP contribution in [0.5, 0.6) is 17.2 Å². The van der Waals surface area contributed by atoms with Crippen molar-refractivity contribution in [2.75, 3.05) is 33.5 Å². The number of hydrogen-bond donors (Lipinski definition) is 3. The topological polar surface area (TPSA) is 84.3 Å². The van der Waals surface area contributed by atoms with Crippen LogP contribution < -0.4 is 24.8 Å². The van der Waals surface area contributed by atoms with Gasteiger partial charge >= 0.3 is 0 Å². The van der Waals surface area contributed by atoms with Crippen LogP contribution >= 0.6 is 24.0 Å². The summed E-state index contributed by atoms with van der Waals surface area (Å²) in [6.45, 7) is 6.68. The van der Waals surface area contributed by atoms with Crippen LogP contribution in [0.4, 0.5) is 0 Å². The van der Waals surface area contributed by atoms with Gasteiger partial charge in [-0.15, -0.1) is 24.0 Å². The average Bonchev–Trinajstić information content (AvgIpc) is 2.75. The first-order chi connectivity index (χ1) is 14.2. The highest BCUT2D eigenvalue weighted by Crippen LogP contribution is 2.28. The number of para-hydroxylation sites is 1. The van der Waals surface area contributed by atoms with Crippen molar-refractivity contribution in [2.24, 2.45) is 4.99 Å². The minimum Gasteiger partial charge on any atom is -0.494 e. The molecule has 0 atom stereocenters. The number of hydrogen-bond acceptors (Lipinski definition) is 5. The SMILES string of the molecule is CCNC(=NCc1ccc(OCCO)c(OC)c1)NCc1ccccc1OCC.I. The molecule has 0 bridgehead atoms. The number of aliphatic hydroxyl groups excluding tert-OH is 1. The number of benzene rings is 2. The van der Waals surface area contributed by atoms with Gasteiger partial charge in [0.1, 0.15) is 12.4 Å². The smallest absolute Gasteiger partial charge is 0.191 e. The van der Waals surface area contributed by atoms with E-state index in [2.05, 4.69) is 15.6 Å². The lowest BCUT2D eigenvalue weighted by Gasteiger charge is -2.14. The molecule has 2 aromatic carbocycles. The predicted molar refractivity (Wildman–Crippen MR) is 130 cm³/mol. The summed E-state index contributed by atoms with van der Waals surface area (Å²) < 4.78 is 16.5. The third-order valence-corrected chi connectivity index (χ3v) is 4.06. The number of guanidine groups is 1. The van der Waals surface area contributed by atoms with E-state index in [1.165, 1.54) is 0 Å². The monoisotopic (exact) mass is 529 g/mol. The second kappa shape index (κ2) is 14.7. The van der Waals surface area contributed by atoms with Gasteiger partial charge in [-0.3, -0.25) is 0 Å². The van der Waals surface area contributed by atoms with Crippen LogP contribution in [0, 0.1) is 0 Å².